The van der Waals surface area contributed by atoms with E-state index in [1.807, 2.05) is 29.3 Å². The van der Waals surface area contributed by atoms with E-state index in [2.05, 4.69) is 10.00 Å². The van der Waals surface area contributed by atoms with Crippen molar-refractivity contribution in [2.45, 2.75) is 31.7 Å². The van der Waals surface area contributed by atoms with Gasteiger partial charge in [0.25, 0.3) is 5.91 Å². The lowest BCUT2D eigenvalue weighted by molar-refractivity contribution is 0.0608. The quantitative estimate of drug-likeness (QED) is 0.845. The molecule has 0 saturated carbocycles. The van der Waals surface area contributed by atoms with E-state index in [4.69, 9.17) is 11.6 Å². The van der Waals surface area contributed by atoms with Crippen LogP contribution in [0.15, 0.2) is 36.7 Å². The number of benzene rings is 1. The molecule has 1 atom stereocenters. The fraction of sp³-hybridized carbons (Fsp3) is 0.474. The van der Waals surface area contributed by atoms with Crippen LogP contribution in [0.25, 0.3) is 5.69 Å². The smallest absolute Gasteiger partial charge is 0.255 e. The van der Waals surface area contributed by atoms with Crippen LogP contribution in [0.2, 0.25) is 5.02 Å². The Labute approximate surface area is 153 Å². The monoisotopic (exact) mass is 358 g/mol. The number of carbonyl (C=O) groups excluding carboxylic acids is 1. The fourth-order valence-electron chi connectivity index (χ4n) is 3.96. The zero-order chi connectivity index (χ0) is 17.2. The molecular weight excluding hydrogens is 336 g/mol. The van der Waals surface area contributed by atoms with Crippen molar-refractivity contribution >= 4 is 17.5 Å². The van der Waals surface area contributed by atoms with E-state index in [1.165, 1.54) is 32.4 Å². The van der Waals surface area contributed by atoms with Gasteiger partial charge in [0.1, 0.15) is 0 Å². The minimum atomic E-state index is 0.0305. The predicted molar refractivity (Wildman–Crippen MR) is 98.3 cm³/mol. The Kier molecular flexibility index (Phi) is 4.77. The van der Waals surface area contributed by atoms with Crippen LogP contribution in [0, 0.1) is 0 Å². The molecule has 0 spiro atoms. The lowest BCUT2D eigenvalue weighted by Gasteiger charge is -2.37. The molecule has 0 radical (unpaired) electrons. The first kappa shape index (κ1) is 16.6. The summed E-state index contributed by atoms with van der Waals surface area (Å²) in [4.78, 5) is 17.6. The average molecular weight is 359 g/mol. The number of likely N-dealkylation sites (tertiary alicyclic amines) is 2. The van der Waals surface area contributed by atoms with Gasteiger partial charge in [-0.3, -0.25) is 9.69 Å². The zero-order valence-electron chi connectivity index (χ0n) is 14.3. The van der Waals surface area contributed by atoms with Crippen molar-refractivity contribution in [2.24, 2.45) is 0 Å². The van der Waals surface area contributed by atoms with Crippen LogP contribution in [0.3, 0.4) is 0 Å². The number of halogens is 1. The summed E-state index contributed by atoms with van der Waals surface area (Å²) in [7, 11) is 0. The Morgan fingerprint density at radius 1 is 1.16 bits per heavy atom. The molecule has 2 aliphatic heterocycles. The summed E-state index contributed by atoms with van der Waals surface area (Å²) in [5.74, 6) is 0.0305. The maximum absolute atomic E-state index is 13.1. The zero-order valence-corrected chi connectivity index (χ0v) is 15.0. The first-order valence-corrected chi connectivity index (χ1v) is 9.43. The molecule has 0 aliphatic carbocycles. The van der Waals surface area contributed by atoms with Gasteiger partial charge < -0.3 is 4.90 Å². The van der Waals surface area contributed by atoms with Gasteiger partial charge in [0.2, 0.25) is 0 Å². The number of hydrogen-bond acceptors (Lipinski definition) is 3. The molecule has 2 aromatic rings. The molecular formula is C19H23ClN4O. The Morgan fingerprint density at radius 2 is 2.00 bits per heavy atom. The number of hydrogen-bond donors (Lipinski definition) is 0. The van der Waals surface area contributed by atoms with Gasteiger partial charge in [-0.1, -0.05) is 11.6 Å². The largest absolute Gasteiger partial charge is 0.337 e. The van der Waals surface area contributed by atoms with Gasteiger partial charge in [-0.05, 0) is 63.0 Å². The van der Waals surface area contributed by atoms with Crippen molar-refractivity contribution in [3.05, 3.63) is 47.2 Å². The van der Waals surface area contributed by atoms with Crippen molar-refractivity contribution < 1.29 is 4.79 Å². The number of nitrogens with zero attached hydrogens (tertiary/aromatic N) is 4. The molecule has 1 amide bonds. The average Bonchev–Trinajstić information content (AvgIpc) is 3.35. The van der Waals surface area contributed by atoms with Crippen LogP contribution in [-0.4, -0.2) is 57.7 Å². The Morgan fingerprint density at radius 3 is 2.76 bits per heavy atom. The summed E-state index contributed by atoms with van der Waals surface area (Å²) < 4.78 is 1.75. The van der Waals surface area contributed by atoms with E-state index in [9.17, 15) is 4.79 Å². The minimum absolute atomic E-state index is 0.0305. The van der Waals surface area contributed by atoms with Crippen LogP contribution in [0.1, 0.15) is 36.0 Å². The van der Waals surface area contributed by atoms with Crippen LogP contribution in [0.4, 0.5) is 0 Å². The Bertz CT molecular complexity index is 740. The Balaban J connectivity index is 1.54. The molecule has 25 heavy (non-hydrogen) atoms. The normalized spacial score (nSPS) is 21.6. The number of carbonyl (C=O) groups is 1. The van der Waals surface area contributed by atoms with Crippen LogP contribution >= 0.6 is 11.6 Å². The summed E-state index contributed by atoms with van der Waals surface area (Å²) in [6.45, 7) is 3.96. The molecule has 0 bridgehead atoms. The van der Waals surface area contributed by atoms with Crippen LogP contribution in [-0.2, 0) is 0 Å². The molecule has 1 aromatic carbocycles. The first-order valence-electron chi connectivity index (χ1n) is 9.05. The maximum atomic E-state index is 13.1. The van der Waals surface area contributed by atoms with Gasteiger partial charge in [0.15, 0.2) is 0 Å². The highest BCUT2D eigenvalue weighted by Gasteiger charge is 2.30. The molecule has 2 saturated heterocycles. The highest BCUT2D eigenvalue weighted by molar-refractivity contribution is 6.33. The van der Waals surface area contributed by atoms with Gasteiger partial charge in [0.05, 0.1) is 16.3 Å². The molecule has 6 heteroatoms. The summed E-state index contributed by atoms with van der Waals surface area (Å²) in [6.07, 6.45) is 8.39. The van der Waals surface area contributed by atoms with E-state index >= 15 is 0 Å². The third kappa shape index (κ3) is 3.44. The SMILES string of the molecule is O=C(c1cc(-n2cccn2)ccc1Cl)N1CCC[C@H](N2CCCC2)C1. The summed E-state index contributed by atoms with van der Waals surface area (Å²) in [5.41, 5.74) is 1.42. The van der Waals surface area contributed by atoms with Crippen molar-refractivity contribution in [1.82, 2.24) is 19.6 Å². The molecule has 3 heterocycles. The second-order valence-electron chi connectivity index (χ2n) is 6.91. The van der Waals surface area contributed by atoms with Gasteiger partial charge in [-0.2, -0.15) is 5.10 Å². The molecule has 132 valence electrons. The summed E-state index contributed by atoms with van der Waals surface area (Å²) in [5, 5.41) is 4.74. The number of amides is 1. The molecule has 2 fully saturated rings. The van der Waals surface area contributed by atoms with Crippen molar-refractivity contribution in [1.29, 1.82) is 0 Å². The van der Waals surface area contributed by atoms with Crippen molar-refractivity contribution in [2.75, 3.05) is 26.2 Å². The number of piperidine rings is 1. The van der Waals surface area contributed by atoms with E-state index in [0.29, 0.717) is 16.6 Å². The van der Waals surface area contributed by atoms with Crippen LogP contribution < -0.4 is 0 Å². The topological polar surface area (TPSA) is 41.4 Å². The molecule has 2 aliphatic rings. The van der Waals surface area contributed by atoms with Gasteiger partial charge >= 0.3 is 0 Å². The van der Waals surface area contributed by atoms with Crippen molar-refractivity contribution in [3.63, 3.8) is 0 Å². The number of rotatable bonds is 3. The third-order valence-electron chi connectivity index (χ3n) is 5.29. The maximum Gasteiger partial charge on any atom is 0.255 e. The lowest BCUT2D eigenvalue weighted by atomic mass is 10.0. The second-order valence-corrected chi connectivity index (χ2v) is 7.31. The van der Waals surface area contributed by atoms with E-state index in [1.54, 1.807) is 16.9 Å². The van der Waals surface area contributed by atoms with Gasteiger partial charge in [-0.25, -0.2) is 4.68 Å². The highest BCUT2D eigenvalue weighted by atomic mass is 35.5. The van der Waals surface area contributed by atoms with Gasteiger partial charge in [0, 0.05) is 31.5 Å². The van der Waals surface area contributed by atoms with Crippen LogP contribution in [0.5, 0.6) is 0 Å². The predicted octanol–water partition coefficient (Wildman–Crippen LogP) is 3.23. The third-order valence-corrected chi connectivity index (χ3v) is 5.62. The molecule has 0 N–H and O–H groups in total. The summed E-state index contributed by atoms with van der Waals surface area (Å²) in [6, 6.07) is 7.87. The standard InChI is InChI=1S/C19H23ClN4O/c20-18-7-6-15(24-12-4-8-21-24)13-17(18)19(25)23-11-3-5-16(14-23)22-9-1-2-10-22/h4,6-8,12-13,16H,1-3,5,9-11,14H2/t16-/m0/s1. The van der Waals surface area contributed by atoms with Gasteiger partial charge in [-0.15, -0.1) is 0 Å². The number of aromatic nitrogens is 2. The second kappa shape index (κ2) is 7.18. The van der Waals surface area contributed by atoms with E-state index in [-0.39, 0.29) is 5.91 Å². The first-order chi connectivity index (χ1) is 12.2. The molecule has 5 nitrogen and oxygen atoms in total. The molecule has 0 unspecified atom stereocenters. The minimum Gasteiger partial charge on any atom is -0.337 e. The highest BCUT2D eigenvalue weighted by Crippen LogP contribution is 2.25. The fourth-order valence-corrected chi connectivity index (χ4v) is 4.15. The molecule has 1 aromatic heterocycles. The van der Waals surface area contributed by atoms with E-state index < -0.39 is 0 Å². The Hall–Kier alpha value is -1.85. The lowest BCUT2D eigenvalue weighted by Crippen LogP contribution is -2.49. The van der Waals surface area contributed by atoms with E-state index in [0.717, 1.165) is 25.2 Å². The van der Waals surface area contributed by atoms with Crippen molar-refractivity contribution in [3.8, 4) is 5.69 Å². The summed E-state index contributed by atoms with van der Waals surface area (Å²) >= 11 is 6.35. The molecule has 4 rings (SSSR count).